The Hall–Kier alpha value is -1.02. The van der Waals surface area contributed by atoms with Crippen LogP contribution in [-0.4, -0.2) is 80.8 Å². The third-order valence-corrected chi connectivity index (χ3v) is 4.11. The van der Waals surface area contributed by atoms with E-state index in [2.05, 4.69) is 32.3 Å². The highest BCUT2D eigenvalue weighted by Gasteiger charge is 2.26. The first kappa shape index (κ1) is 21.0. The number of guanidine groups is 1. The molecular weight excluding hydrogens is 319 g/mol. The van der Waals surface area contributed by atoms with Crippen LogP contribution in [-0.2, 0) is 0 Å². The van der Waals surface area contributed by atoms with E-state index in [1.807, 2.05) is 6.92 Å². The molecule has 0 atom stereocenters. The number of nitrogens with one attached hydrogen (secondary N) is 2. The van der Waals surface area contributed by atoms with Crippen LogP contribution in [0.4, 0.5) is 13.2 Å². The number of likely N-dealkylation sites (N-methyl/N-ethyl adjacent to an activating group) is 1. The summed E-state index contributed by atoms with van der Waals surface area (Å²) < 4.78 is 36.5. The number of rotatable bonds is 9. The fourth-order valence-electron chi connectivity index (χ4n) is 2.63. The molecular formula is C16H32F3N5. The van der Waals surface area contributed by atoms with Gasteiger partial charge in [0, 0.05) is 45.8 Å². The third kappa shape index (κ3) is 9.97. The SMILES string of the molecule is CCNC(=NCCCCN1CCN(CC)CC1)NCCC(F)(F)F. The average Bonchev–Trinajstić information content (AvgIpc) is 2.54. The van der Waals surface area contributed by atoms with E-state index in [0.29, 0.717) is 19.0 Å². The van der Waals surface area contributed by atoms with Gasteiger partial charge >= 0.3 is 6.18 Å². The Morgan fingerprint density at radius 2 is 1.67 bits per heavy atom. The van der Waals surface area contributed by atoms with Crippen LogP contribution in [0.3, 0.4) is 0 Å². The van der Waals surface area contributed by atoms with Gasteiger partial charge in [-0.25, -0.2) is 0 Å². The molecule has 0 saturated carbocycles. The number of piperazine rings is 1. The van der Waals surface area contributed by atoms with Gasteiger partial charge in [0.2, 0.25) is 0 Å². The first-order chi connectivity index (χ1) is 11.4. The van der Waals surface area contributed by atoms with E-state index in [-0.39, 0.29) is 6.54 Å². The number of hydrogen-bond acceptors (Lipinski definition) is 3. The molecule has 0 spiro atoms. The molecule has 142 valence electrons. The molecule has 0 radical (unpaired) electrons. The first-order valence-corrected chi connectivity index (χ1v) is 8.98. The van der Waals surface area contributed by atoms with E-state index in [1.54, 1.807) is 0 Å². The molecule has 0 aliphatic carbocycles. The van der Waals surface area contributed by atoms with Gasteiger partial charge in [-0.1, -0.05) is 6.92 Å². The maximum Gasteiger partial charge on any atom is 0.390 e. The quantitative estimate of drug-likeness (QED) is 0.378. The van der Waals surface area contributed by atoms with Crippen LogP contribution < -0.4 is 10.6 Å². The molecule has 1 fully saturated rings. The first-order valence-electron chi connectivity index (χ1n) is 8.98. The summed E-state index contributed by atoms with van der Waals surface area (Å²) in [6.07, 6.45) is -2.96. The van der Waals surface area contributed by atoms with Crippen molar-refractivity contribution in [1.29, 1.82) is 0 Å². The minimum atomic E-state index is -4.13. The average molecular weight is 351 g/mol. The van der Waals surface area contributed by atoms with Gasteiger partial charge in [0.1, 0.15) is 0 Å². The molecule has 1 aliphatic heterocycles. The molecule has 0 unspecified atom stereocenters. The van der Waals surface area contributed by atoms with Crippen LogP contribution in [0.5, 0.6) is 0 Å². The number of alkyl halides is 3. The maximum atomic E-state index is 12.2. The van der Waals surface area contributed by atoms with Crippen LogP contribution in [0, 0.1) is 0 Å². The lowest BCUT2D eigenvalue weighted by molar-refractivity contribution is -0.132. The van der Waals surface area contributed by atoms with Gasteiger partial charge in [0.05, 0.1) is 6.42 Å². The maximum absolute atomic E-state index is 12.2. The van der Waals surface area contributed by atoms with Crippen LogP contribution in [0.15, 0.2) is 4.99 Å². The lowest BCUT2D eigenvalue weighted by Gasteiger charge is -2.33. The van der Waals surface area contributed by atoms with Gasteiger partial charge in [0.25, 0.3) is 0 Å². The van der Waals surface area contributed by atoms with Crippen LogP contribution in [0.1, 0.15) is 33.1 Å². The monoisotopic (exact) mass is 351 g/mol. The highest BCUT2D eigenvalue weighted by Crippen LogP contribution is 2.18. The summed E-state index contributed by atoms with van der Waals surface area (Å²) in [5.41, 5.74) is 0. The largest absolute Gasteiger partial charge is 0.390 e. The Balaban J connectivity index is 2.15. The Bertz CT molecular complexity index is 352. The van der Waals surface area contributed by atoms with E-state index in [0.717, 1.165) is 52.1 Å². The summed E-state index contributed by atoms with van der Waals surface area (Å²) in [5.74, 6) is 0.471. The summed E-state index contributed by atoms with van der Waals surface area (Å²) in [5, 5.41) is 5.71. The van der Waals surface area contributed by atoms with Gasteiger partial charge in [0.15, 0.2) is 5.96 Å². The fraction of sp³-hybridized carbons (Fsp3) is 0.938. The van der Waals surface area contributed by atoms with E-state index in [1.165, 1.54) is 0 Å². The van der Waals surface area contributed by atoms with Gasteiger partial charge < -0.3 is 20.4 Å². The second kappa shape index (κ2) is 11.5. The van der Waals surface area contributed by atoms with Gasteiger partial charge in [-0.15, -0.1) is 0 Å². The minimum Gasteiger partial charge on any atom is -0.357 e. The van der Waals surface area contributed by atoms with Crippen molar-refractivity contribution in [3.05, 3.63) is 0 Å². The molecule has 0 amide bonds. The highest BCUT2D eigenvalue weighted by atomic mass is 19.4. The predicted octanol–water partition coefficient (Wildman–Crippen LogP) is 1.91. The normalized spacial score (nSPS) is 18.0. The number of hydrogen-bond donors (Lipinski definition) is 2. The van der Waals surface area contributed by atoms with Gasteiger partial charge in [-0.3, -0.25) is 4.99 Å². The van der Waals surface area contributed by atoms with Crippen LogP contribution in [0.25, 0.3) is 0 Å². The third-order valence-electron chi connectivity index (χ3n) is 4.11. The van der Waals surface area contributed by atoms with Crippen molar-refractivity contribution < 1.29 is 13.2 Å². The number of halogens is 3. The molecule has 24 heavy (non-hydrogen) atoms. The molecule has 8 heteroatoms. The van der Waals surface area contributed by atoms with Crippen molar-refractivity contribution in [2.24, 2.45) is 4.99 Å². The van der Waals surface area contributed by atoms with E-state index < -0.39 is 12.6 Å². The molecule has 0 aromatic rings. The molecule has 1 saturated heterocycles. The van der Waals surface area contributed by atoms with Crippen molar-refractivity contribution in [2.45, 2.75) is 39.3 Å². The number of aliphatic imine (C=N–C) groups is 1. The van der Waals surface area contributed by atoms with Crippen molar-refractivity contribution in [1.82, 2.24) is 20.4 Å². The van der Waals surface area contributed by atoms with Gasteiger partial charge in [-0.2, -0.15) is 13.2 Å². The zero-order chi connectivity index (χ0) is 17.8. The molecule has 1 heterocycles. The highest BCUT2D eigenvalue weighted by molar-refractivity contribution is 5.79. The molecule has 0 aromatic heterocycles. The van der Waals surface area contributed by atoms with Crippen molar-refractivity contribution >= 4 is 5.96 Å². The van der Waals surface area contributed by atoms with E-state index in [9.17, 15) is 13.2 Å². The zero-order valence-electron chi connectivity index (χ0n) is 15.0. The summed E-state index contributed by atoms with van der Waals surface area (Å²) in [6.45, 7) is 12.0. The molecule has 5 nitrogen and oxygen atoms in total. The van der Waals surface area contributed by atoms with Crippen molar-refractivity contribution in [3.63, 3.8) is 0 Å². The van der Waals surface area contributed by atoms with Crippen molar-refractivity contribution in [3.8, 4) is 0 Å². The molecule has 2 N–H and O–H groups in total. The fourth-order valence-corrected chi connectivity index (χ4v) is 2.63. The van der Waals surface area contributed by atoms with E-state index in [4.69, 9.17) is 0 Å². The van der Waals surface area contributed by atoms with E-state index >= 15 is 0 Å². The molecule has 0 aromatic carbocycles. The second-order valence-electron chi connectivity index (χ2n) is 6.04. The number of unbranched alkanes of at least 4 members (excludes halogenated alkanes) is 1. The molecule has 0 bridgehead atoms. The van der Waals surface area contributed by atoms with Crippen LogP contribution in [0.2, 0.25) is 0 Å². The predicted molar refractivity (Wildman–Crippen MR) is 92.4 cm³/mol. The minimum absolute atomic E-state index is 0.142. The molecule has 1 aliphatic rings. The Morgan fingerprint density at radius 3 is 2.25 bits per heavy atom. The Morgan fingerprint density at radius 1 is 1.00 bits per heavy atom. The lowest BCUT2D eigenvalue weighted by Crippen LogP contribution is -2.46. The Labute approximate surface area is 143 Å². The summed E-state index contributed by atoms with van der Waals surface area (Å²) in [4.78, 5) is 9.27. The molecule has 1 rings (SSSR count). The lowest BCUT2D eigenvalue weighted by atomic mass is 10.2. The second-order valence-corrected chi connectivity index (χ2v) is 6.04. The van der Waals surface area contributed by atoms with Crippen molar-refractivity contribution in [2.75, 3.05) is 58.9 Å². The summed E-state index contributed by atoms with van der Waals surface area (Å²) >= 11 is 0. The summed E-state index contributed by atoms with van der Waals surface area (Å²) in [7, 11) is 0. The Kier molecular flexibility index (Phi) is 10.1. The van der Waals surface area contributed by atoms with Gasteiger partial charge in [-0.05, 0) is 32.9 Å². The zero-order valence-corrected chi connectivity index (χ0v) is 15.0. The van der Waals surface area contributed by atoms with Crippen LogP contribution >= 0.6 is 0 Å². The topological polar surface area (TPSA) is 42.9 Å². The standard InChI is InChI=1S/C16H32F3N5/c1-3-20-15(22-9-7-16(17,18)19)21-8-5-6-10-24-13-11-23(4-2)12-14-24/h3-14H2,1-2H3,(H2,20,21,22). The summed E-state index contributed by atoms with van der Waals surface area (Å²) in [6, 6.07) is 0. The smallest absolute Gasteiger partial charge is 0.357 e. The number of nitrogens with zero attached hydrogens (tertiary/aromatic N) is 3.